The largest absolute Gasteiger partial charge is 0.381 e. The van der Waals surface area contributed by atoms with Crippen LogP contribution in [-0.4, -0.2) is 25.7 Å². The number of benzene rings is 1. The number of hydrogen-bond donors (Lipinski definition) is 2. The lowest BCUT2D eigenvalue weighted by molar-refractivity contribution is -0.119. The van der Waals surface area contributed by atoms with Crippen LogP contribution in [-0.2, 0) is 9.53 Å². The fourth-order valence-corrected chi connectivity index (χ4v) is 1.85. The predicted octanol–water partition coefficient (Wildman–Crippen LogP) is 1.11. The number of nitrogens with one attached hydrogen (secondary N) is 1. The number of ether oxygens (including phenoxy) is 1. The highest BCUT2D eigenvalue weighted by molar-refractivity contribution is 5.94. The van der Waals surface area contributed by atoms with Crippen LogP contribution in [0.25, 0.3) is 0 Å². The molecule has 1 aromatic rings. The summed E-state index contributed by atoms with van der Waals surface area (Å²) < 4.78 is 18.3. The van der Waals surface area contributed by atoms with Crippen molar-refractivity contribution in [2.75, 3.05) is 25.1 Å². The molecule has 1 unspecified atom stereocenters. The predicted molar refractivity (Wildman–Crippen MR) is 69.9 cm³/mol. The Kier molecular flexibility index (Phi) is 4.50. The maximum Gasteiger partial charge on any atom is 0.229 e. The molecule has 1 amide bonds. The molecule has 1 aromatic carbocycles. The zero-order valence-corrected chi connectivity index (χ0v) is 10.4. The highest BCUT2D eigenvalue weighted by Gasteiger charge is 2.23. The van der Waals surface area contributed by atoms with E-state index in [1.165, 1.54) is 18.2 Å². The van der Waals surface area contributed by atoms with Crippen molar-refractivity contribution >= 4 is 11.6 Å². The Labute approximate surface area is 111 Å². The van der Waals surface area contributed by atoms with Crippen LogP contribution < -0.4 is 11.1 Å². The molecule has 1 aliphatic heterocycles. The Morgan fingerprint density at radius 3 is 3.11 bits per heavy atom. The van der Waals surface area contributed by atoms with Crippen LogP contribution in [0.1, 0.15) is 12.0 Å². The third kappa shape index (κ3) is 3.53. The number of carbonyl (C=O) groups excluding carboxylic acids is 1. The molecule has 3 N–H and O–H groups in total. The van der Waals surface area contributed by atoms with Gasteiger partial charge in [0.25, 0.3) is 0 Å². The van der Waals surface area contributed by atoms with Crippen LogP contribution >= 0.6 is 0 Å². The maximum absolute atomic E-state index is 13.2. The molecule has 0 bridgehead atoms. The summed E-state index contributed by atoms with van der Waals surface area (Å²) in [5.41, 5.74) is 6.22. The molecule has 0 aromatic heterocycles. The monoisotopic (exact) mass is 262 g/mol. The van der Waals surface area contributed by atoms with Gasteiger partial charge >= 0.3 is 0 Å². The van der Waals surface area contributed by atoms with Gasteiger partial charge in [-0.25, -0.2) is 4.39 Å². The van der Waals surface area contributed by atoms with Crippen molar-refractivity contribution in [3.05, 3.63) is 29.6 Å². The van der Waals surface area contributed by atoms with Crippen molar-refractivity contribution in [1.29, 1.82) is 0 Å². The zero-order valence-electron chi connectivity index (χ0n) is 10.4. The first-order chi connectivity index (χ1) is 9.20. The van der Waals surface area contributed by atoms with Crippen LogP contribution in [0.2, 0.25) is 0 Å². The number of nitrogens with two attached hydrogens (primary N) is 1. The molecule has 0 aliphatic carbocycles. The second-order valence-corrected chi connectivity index (χ2v) is 4.25. The molecule has 1 heterocycles. The van der Waals surface area contributed by atoms with Crippen LogP contribution in [0, 0.1) is 23.6 Å². The van der Waals surface area contributed by atoms with Gasteiger partial charge in [0.15, 0.2) is 0 Å². The minimum atomic E-state index is -0.400. The Bertz CT molecular complexity index is 528. The number of carbonyl (C=O) groups is 1. The zero-order chi connectivity index (χ0) is 13.7. The molecule has 0 spiro atoms. The normalized spacial score (nSPS) is 17.7. The van der Waals surface area contributed by atoms with Crippen molar-refractivity contribution in [3.8, 4) is 11.8 Å². The summed E-state index contributed by atoms with van der Waals surface area (Å²) in [5.74, 6) is 4.72. The first-order valence-corrected chi connectivity index (χ1v) is 6.08. The van der Waals surface area contributed by atoms with Gasteiger partial charge in [0.1, 0.15) is 5.82 Å². The van der Waals surface area contributed by atoms with Crippen molar-refractivity contribution in [3.63, 3.8) is 0 Å². The van der Waals surface area contributed by atoms with Crippen molar-refractivity contribution in [1.82, 2.24) is 0 Å². The number of amides is 1. The van der Waals surface area contributed by atoms with E-state index in [0.29, 0.717) is 30.9 Å². The van der Waals surface area contributed by atoms with Gasteiger partial charge in [0, 0.05) is 6.61 Å². The highest BCUT2D eigenvalue weighted by Crippen LogP contribution is 2.19. The van der Waals surface area contributed by atoms with Gasteiger partial charge in [-0.1, -0.05) is 11.8 Å². The molecule has 0 saturated carbocycles. The van der Waals surface area contributed by atoms with Gasteiger partial charge < -0.3 is 15.8 Å². The minimum absolute atomic E-state index is 0.125. The Morgan fingerprint density at radius 2 is 2.42 bits per heavy atom. The SMILES string of the molecule is NCC#Cc1cc(F)ccc1NC(=O)C1CCOC1. The first-order valence-electron chi connectivity index (χ1n) is 6.08. The fourth-order valence-electron chi connectivity index (χ4n) is 1.85. The van der Waals surface area contributed by atoms with E-state index < -0.39 is 5.82 Å². The van der Waals surface area contributed by atoms with Gasteiger partial charge in [0.2, 0.25) is 5.91 Å². The van der Waals surface area contributed by atoms with Crippen LogP contribution in [0.4, 0.5) is 10.1 Å². The Morgan fingerprint density at radius 1 is 1.58 bits per heavy atom. The van der Waals surface area contributed by atoms with Crippen LogP contribution in [0.3, 0.4) is 0 Å². The van der Waals surface area contributed by atoms with E-state index in [0.717, 1.165) is 0 Å². The molecule has 1 atom stereocenters. The van der Waals surface area contributed by atoms with Crippen LogP contribution in [0.5, 0.6) is 0 Å². The van der Waals surface area contributed by atoms with Gasteiger partial charge in [-0.15, -0.1) is 0 Å². The molecular weight excluding hydrogens is 247 g/mol. The average Bonchev–Trinajstić information content (AvgIpc) is 2.93. The molecular formula is C14H15FN2O2. The van der Waals surface area contributed by atoms with Gasteiger partial charge in [-0.2, -0.15) is 0 Å². The quantitative estimate of drug-likeness (QED) is 0.785. The Balaban J connectivity index is 2.16. The lowest BCUT2D eigenvalue weighted by Gasteiger charge is -2.11. The molecule has 0 radical (unpaired) electrons. The minimum Gasteiger partial charge on any atom is -0.381 e. The van der Waals surface area contributed by atoms with E-state index in [-0.39, 0.29) is 18.4 Å². The van der Waals surface area contributed by atoms with E-state index in [4.69, 9.17) is 10.5 Å². The number of halogens is 1. The number of rotatable bonds is 2. The van der Waals surface area contributed by atoms with Crippen molar-refractivity contribution in [2.45, 2.75) is 6.42 Å². The number of anilines is 1. The molecule has 1 saturated heterocycles. The summed E-state index contributed by atoms with van der Waals surface area (Å²) in [4.78, 5) is 12.0. The van der Waals surface area contributed by atoms with E-state index in [1.807, 2.05) is 0 Å². The highest BCUT2D eigenvalue weighted by atomic mass is 19.1. The van der Waals surface area contributed by atoms with Crippen molar-refractivity contribution < 1.29 is 13.9 Å². The van der Waals surface area contributed by atoms with Crippen molar-refractivity contribution in [2.24, 2.45) is 11.7 Å². The van der Waals surface area contributed by atoms with E-state index in [2.05, 4.69) is 17.2 Å². The molecule has 4 nitrogen and oxygen atoms in total. The second kappa shape index (κ2) is 6.32. The van der Waals surface area contributed by atoms with Gasteiger partial charge in [0.05, 0.1) is 30.3 Å². The maximum atomic E-state index is 13.2. The first kappa shape index (κ1) is 13.5. The van der Waals surface area contributed by atoms with E-state index in [1.54, 1.807) is 0 Å². The molecule has 100 valence electrons. The standard InChI is InChI=1S/C14H15FN2O2/c15-12-3-4-13(10(8-12)2-1-6-16)17-14(18)11-5-7-19-9-11/h3-4,8,11H,5-7,9,16H2,(H,17,18). The van der Waals surface area contributed by atoms with E-state index in [9.17, 15) is 9.18 Å². The lowest BCUT2D eigenvalue weighted by atomic mass is 10.1. The smallest absolute Gasteiger partial charge is 0.229 e. The third-order valence-electron chi connectivity index (χ3n) is 2.87. The molecule has 1 aliphatic rings. The average molecular weight is 262 g/mol. The number of hydrogen-bond acceptors (Lipinski definition) is 3. The molecule has 5 heteroatoms. The summed E-state index contributed by atoms with van der Waals surface area (Å²) in [6, 6.07) is 4.07. The van der Waals surface area contributed by atoms with Gasteiger partial charge in [-0.3, -0.25) is 4.79 Å². The third-order valence-corrected chi connectivity index (χ3v) is 2.87. The topological polar surface area (TPSA) is 64.3 Å². The second-order valence-electron chi connectivity index (χ2n) is 4.25. The Hall–Kier alpha value is -1.90. The summed E-state index contributed by atoms with van der Waals surface area (Å²) in [5, 5.41) is 2.76. The van der Waals surface area contributed by atoms with Crippen LogP contribution in [0.15, 0.2) is 18.2 Å². The summed E-state index contributed by atoms with van der Waals surface area (Å²) in [7, 11) is 0. The summed E-state index contributed by atoms with van der Waals surface area (Å²) >= 11 is 0. The summed E-state index contributed by atoms with van der Waals surface area (Å²) in [6.45, 7) is 1.21. The van der Waals surface area contributed by atoms with Gasteiger partial charge in [-0.05, 0) is 24.6 Å². The molecule has 2 rings (SSSR count). The summed E-state index contributed by atoms with van der Waals surface area (Å²) in [6.07, 6.45) is 0.705. The fraction of sp³-hybridized carbons (Fsp3) is 0.357. The molecule has 1 fully saturated rings. The molecule has 19 heavy (non-hydrogen) atoms. The lowest BCUT2D eigenvalue weighted by Crippen LogP contribution is -2.23. The van der Waals surface area contributed by atoms with E-state index >= 15 is 0 Å².